The van der Waals surface area contributed by atoms with E-state index >= 15 is 0 Å². The molecule has 0 aromatic heterocycles. The number of esters is 4. The Bertz CT molecular complexity index is 1160. The molecule has 6 rings (SSSR count). The largest absolute Gasteiger partial charge is 0.469 e. The van der Waals surface area contributed by atoms with Crippen LogP contribution in [0.2, 0.25) is 0 Å². The average molecular weight is 543 g/mol. The molecule has 39 heavy (non-hydrogen) atoms. The highest BCUT2D eigenvalue weighted by atomic mass is 16.5. The Morgan fingerprint density at radius 2 is 1.59 bits per heavy atom. The molecule has 6 aliphatic rings. The molecule has 3 saturated carbocycles. The molecule has 0 amide bonds. The monoisotopic (exact) mass is 542 g/mol. The second kappa shape index (κ2) is 9.20. The van der Waals surface area contributed by atoms with E-state index in [4.69, 9.17) is 18.9 Å². The van der Waals surface area contributed by atoms with E-state index in [0.717, 1.165) is 25.7 Å². The van der Waals surface area contributed by atoms with Gasteiger partial charge in [-0.3, -0.25) is 19.2 Å². The Labute approximate surface area is 230 Å². The molecule has 0 aromatic rings. The van der Waals surface area contributed by atoms with Crippen molar-refractivity contribution in [3.8, 4) is 0 Å². The van der Waals surface area contributed by atoms with Crippen molar-refractivity contribution in [3.63, 3.8) is 0 Å². The summed E-state index contributed by atoms with van der Waals surface area (Å²) in [5.74, 6) is -3.20. The van der Waals surface area contributed by atoms with E-state index in [1.165, 1.54) is 33.8 Å². The number of hydrogen-bond donors (Lipinski definition) is 0. The minimum Gasteiger partial charge on any atom is -0.469 e. The lowest BCUT2D eigenvalue weighted by molar-refractivity contribution is -0.201. The van der Waals surface area contributed by atoms with Crippen LogP contribution in [-0.4, -0.2) is 51.3 Å². The van der Waals surface area contributed by atoms with Gasteiger partial charge in [0.25, 0.3) is 0 Å². The lowest BCUT2D eigenvalue weighted by Crippen LogP contribution is -2.71. The second-order valence-electron chi connectivity index (χ2n) is 13.0. The van der Waals surface area contributed by atoms with Crippen molar-refractivity contribution in [2.45, 2.75) is 72.3 Å². The van der Waals surface area contributed by atoms with Gasteiger partial charge in [-0.15, -0.1) is 0 Å². The Morgan fingerprint density at radius 1 is 0.923 bits per heavy atom. The van der Waals surface area contributed by atoms with Crippen LogP contribution >= 0.6 is 0 Å². The molecule has 8 nitrogen and oxygen atoms in total. The van der Waals surface area contributed by atoms with Gasteiger partial charge in [0, 0.05) is 17.8 Å². The van der Waals surface area contributed by atoms with Gasteiger partial charge in [0.2, 0.25) is 0 Å². The van der Waals surface area contributed by atoms with Crippen LogP contribution in [-0.2, 0) is 38.1 Å². The van der Waals surface area contributed by atoms with Gasteiger partial charge < -0.3 is 18.9 Å². The molecule has 2 spiro atoms. The van der Waals surface area contributed by atoms with Crippen molar-refractivity contribution < 1.29 is 38.1 Å². The summed E-state index contributed by atoms with van der Waals surface area (Å²) in [6.45, 7) is 7.80. The van der Waals surface area contributed by atoms with E-state index < -0.39 is 40.0 Å². The molecule has 214 valence electrons. The molecular formula is C31H42O8. The smallest absolute Gasteiger partial charge is 0.310 e. The Balaban J connectivity index is 1.74. The lowest BCUT2D eigenvalue weighted by atomic mass is 9.30. The van der Waals surface area contributed by atoms with Crippen molar-refractivity contribution in [2.75, 3.05) is 21.3 Å². The number of fused-ring (bicyclic) bond motifs is 2. The van der Waals surface area contributed by atoms with E-state index in [1.807, 2.05) is 6.92 Å². The molecule has 0 radical (unpaired) electrons. The number of allylic oxidation sites excluding steroid dienone is 4. The first kappa shape index (κ1) is 27.9. The summed E-state index contributed by atoms with van der Waals surface area (Å²) in [5.41, 5.74) is -1.03. The maximum Gasteiger partial charge on any atom is 0.310 e. The Kier molecular flexibility index (Phi) is 6.58. The van der Waals surface area contributed by atoms with Crippen molar-refractivity contribution >= 4 is 23.9 Å². The first-order valence-electron chi connectivity index (χ1n) is 14.2. The highest BCUT2D eigenvalue weighted by molar-refractivity contribution is 5.87. The third kappa shape index (κ3) is 3.41. The van der Waals surface area contributed by atoms with Crippen molar-refractivity contribution in [1.29, 1.82) is 0 Å². The van der Waals surface area contributed by atoms with Gasteiger partial charge in [0.15, 0.2) is 0 Å². The third-order valence-electron chi connectivity index (χ3n) is 11.8. The fourth-order valence-corrected chi connectivity index (χ4v) is 10.3. The van der Waals surface area contributed by atoms with Gasteiger partial charge in [-0.2, -0.15) is 0 Å². The highest BCUT2D eigenvalue weighted by Gasteiger charge is 2.78. The zero-order valence-electron chi connectivity index (χ0n) is 24.2. The third-order valence-corrected chi connectivity index (χ3v) is 11.8. The standard InChI is InChI=1S/C31H42O8/c1-17(25(33)36-5)20-8-9-21-28(20,3)12-11-22-29(4)13-10-19(39-18(2)32)16-30(29)14-15-31(21,22)24(27(35)38-7)23(30)26(34)37-6/h11,14-15,17,19-21,23-24H,8-10,12-13,16H2,1-7H3/t17-,19-,20+,21-,23-,24-,28-,29-,30-,31-/m1/s1. The fraction of sp³-hybridized carbons (Fsp3) is 0.742. The molecule has 6 aliphatic carbocycles. The summed E-state index contributed by atoms with van der Waals surface area (Å²) in [7, 11) is 4.17. The molecule has 0 N–H and O–H groups in total. The first-order valence-corrected chi connectivity index (χ1v) is 14.2. The van der Waals surface area contributed by atoms with E-state index in [9.17, 15) is 19.2 Å². The molecule has 0 unspecified atom stereocenters. The molecule has 10 atom stereocenters. The van der Waals surface area contributed by atoms with Crippen LogP contribution in [0.15, 0.2) is 23.8 Å². The summed E-state index contributed by atoms with van der Waals surface area (Å²) in [5, 5.41) is 0. The maximum atomic E-state index is 13.9. The lowest BCUT2D eigenvalue weighted by Gasteiger charge is -2.72. The molecule has 0 saturated heterocycles. The van der Waals surface area contributed by atoms with E-state index in [-0.39, 0.29) is 41.2 Å². The van der Waals surface area contributed by atoms with Crippen LogP contribution in [0, 0.1) is 51.2 Å². The number of methoxy groups -OCH3 is 3. The van der Waals surface area contributed by atoms with Crippen LogP contribution in [0.4, 0.5) is 0 Å². The van der Waals surface area contributed by atoms with Gasteiger partial charge in [0.05, 0.1) is 39.1 Å². The van der Waals surface area contributed by atoms with Crippen LogP contribution in [0.1, 0.15) is 66.2 Å². The predicted molar refractivity (Wildman–Crippen MR) is 141 cm³/mol. The van der Waals surface area contributed by atoms with Crippen LogP contribution in [0.3, 0.4) is 0 Å². The Hall–Kier alpha value is -2.64. The van der Waals surface area contributed by atoms with Crippen LogP contribution in [0.5, 0.6) is 0 Å². The van der Waals surface area contributed by atoms with E-state index in [2.05, 4.69) is 32.1 Å². The quantitative estimate of drug-likeness (QED) is 0.286. The van der Waals surface area contributed by atoms with Gasteiger partial charge in [-0.05, 0) is 61.2 Å². The van der Waals surface area contributed by atoms with E-state index in [1.54, 1.807) is 0 Å². The molecule has 0 heterocycles. The van der Waals surface area contributed by atoms with Crippen molar-refractivity contribution in [2.24, 2.45) is 51.2 Å². The predicted octanol–water partition coefficient (Wildman–Crippen LogP) is 4.41. The minimum atomic E-state index is -0.792. The SMILES string of the molecule is COC(=O)[C@H](C)[C@@H]1CC[C@@H]2[C@]1(C)CC=C1[C@@]23C=C[C@@]2(C[C@H](OC(C)=O)CC[C@]12C)[C@@H](C(=O)OC)[C@@H]3C(=O)OC. The average Bonchev–Trinajstić information content (AvgIpc) is 3.27. The maximum absolute atomic E-state index is 13.9. The normalized spacial score (nSPS) is 44.2. The number of hydrogen-bond acceptors (Lipinski definition) is 8. The summed E-state index contributed by atoms with van der Waals surface area (Å²) >= 11 is 0. The van der Waals surface area contributed by atoms with Crippen LogP contribution < -0.4 is 0 Å². The second-order valence-corrected chi connectivity index (χ2v) is 13.0. The zero-order chi connectivity index (χ0) is 28.5. The zero-order valence-corrected chi connectivity index (χ0v) is 24.2. The molecular weight excluding hydrogens is 500 g/mol. The number of carbonyl (C=O) groups is 4. The molecule has 8 heteroatoms. The first-order chi connectivity index (χ1) is 18.4. The molecule has 0 aliphatic heterocycles. The van der Waals surface area contributed by atoms with Gasteiger partial charge in [-0.25, -0.2) is 0 Å². The topological polar surface area (TPSA) is 105 Å². The number of ether oxygens (including phenoxy) is 4. The summed E-state index contributed by atoms with van der Waals surface area (Å²) in [4.78, 5) is 52.3. The van der Waals surface area contributed by atoms with Gasteiger partial charge in [-0.1, -0.05) is 44.6 Å². The Morgan fingerprint density at radius 3 is 2.21 bits per heavy atom. The van der Waals surface area contributed by atoms with Crippen LogP contribution in [0.25, 0.3) is 0 Å². The fourth-order valence-electron chi connectivity index (χ4n) is 10.3. The summed E-state index contributed by atoms with van der Waals surface area (Å²) < 4.78 is 21.7. The summed E-state index contributed by atoms with van der Waals surface area (Å²) in [6.07, 6.45) is 10.6. The van der Waals surface area contributed by atoms with Crippen molar-refractivity contribution in [3.05, 3.63) is 23.8 Å². The molecule has 2 bridgehead atoms. The number of rotatable bonds is 5. The van der Waals surface area contributed by atoms with Gasteiger partial charge in [0.1, 0.15) is 6.10 Å². The number of carbonyl (C=O) groups excluding carboxylic acids is 4. The summed E-state index contributed by atoms with van der Waals surface area (Å²) in [6, 6.07) is 0. The minimum absolute atomic E-state index is 0.0240. The molecule has 0 aromatic carbocycles. The van der Waals surface area contributed by atoms with Gasteiger partial charge >= 0.3 is 23.9 Å². The highest BCUT2D eigenvalue weighted by Crippen LogP contribution is 2.80. The van der Waals surface area contributed by atoms with Crippen molar-refractivity contribution in [1.82, 2.24) is 0 Å². The molecule has 3 fully saturated rings. The van der Waals surface area contributed by atoms with E-state index in [0.29, 0.717) is 12.8 Å².